The van der Waals surface area contributed by atoms with Crippen molar-refractivity contribution in [2.45, 2.75) is 19.8 Å². The number of carbonyl (C=O) groups is 1. The lowest BCUT2D eigenvalue weighted by atomic mass is 10.1. The summed E-state index contributed by atoms with van der Waals surface area (Å²) in [7, 11) is 0. The molecule has 1 aromatic carbocycles. The number of hydrogen-bond acceptors (Lipinski definition) is 4. The highest BCUT2D eigenvalue weighted by atomic mass is 16.5. The Hall–Kier alpha value is -1.55. The van der Waals surface area contributed by atoms with Crippen molar-refractivity contribution in [1.29, 1.82) is 0 Å². The Bertz CT molecular complexity index is 335. The summed E-state index contributed by atoms with van der Waals surface area (Å²) in [5, 5.41) is 0. The Labute approximate surface area is 102 Å². The van der Waals surface area contributed by atoms with Crippen molar-refractivity contribution in [3.63, 3.8) is 0 Å². The van der Waals surface area contributed by atoms with Crippen molar-refractivity contribution >= 4 is 5.97 Å². The zero-order valence-corrected chi connectivity index (χ0v) is 10.1. The third kappa shape index (κ3) is 5.36. The van der Waals surface area contributed by atoms with Crippen molar-refractivity contribution in [3.05, 3.63) is 29.8 Å². The van der Waals surface area contributed by atoms with Gasteiger partial charge >= 0.3 is 5.97 Å². The molecule has 0 atom stereocenters. The summed E-state index contributed by atoms with van der Waals surface area (Å²) >= 11 is 0. The third-order valence-electron chi connectivity index (χ3n) is 2.23. The lowest BCUT2D eigenvalue weighted by molar-refractivity contribution is -0.143. The van der Waals surface area contributed by atoms with Gasteiger partial charge in [-0.2, -0.15) is 0 Å². The van der Waals surface area contributed by atoms with Crippen LogP contribution in [0.1, 0.15) is 18.9 Å². The predicted octanol–water partition coefficient (Wildman–Crippen LogP) is 1.52. The predicted molar refractivity (Wildman–Crippen MR) is 65.9 cm³/mol. The smallest absolute Gasteiger partial charge is 0.306 e. The molecule has 0 aliphatic heterocycles. The molecule has 0 fully saturated rings. The van der Waals surface area contributed by atoms with Crippen molar-refractivity contribution < 1.29 is 14.3 Å². The van der Waals surface area contributed by atoms with Crippen LogP contribution in [0.5, 0.6) is 5.75 Å². The van der Waals surface area contributed by atoms with E-state index in [1.807, 2.05) is 31.2 Å². The fourth-order valence-electron chi connectivity index (χ4n) is 1.41. The number of aryl methyl sites for hydroxylation is 1. The normalized spacial score (nSPS) is 10.0. The van der Waals surface area contributed by atoms with Crippen LogP contribution in [0.2, 0.25) is 0 Å². The minimum atomic E-state index is -0.157. The first-order chi connectivity index (χ1) is 8.26. The zero-order valence-electron chi connectivity index (χ0n) is 10.1. The van der Waals surface area contributed by atoms with Gasteiger partial charge in [-0.3, -0.25) is 4.79 Å². The van der Waals surface area contributed by atoms with E-state index in [9.17, 15) is 4.79 Å². The van der Waals surface area contributed by atoms with Gasteiger partial charge in [0.2, 0.25) is 0 Å². The molecule has 2 N–H and O–H groups in total. The number of rotatable bonds is 7. The molecule has 1 rings (SSSR count). The van der Waals surface area contributed by atoms with Crippen LogP contribution in [0.25, 0.3) is 0 Å². The van der Waals surface area contributed by atoms with E-state index in [4.69, 9.17) is 15.2 Å². The SMILES string of the molecule is CCOC(=O)CCc1ccc(OCCN)cc1. The lowest BCUT2D eigenvalue weighted by Gasteiger charge is -2.06. The standard InChI is InChI=1S/C13H19NO3/c1-2-16-13(15)8-5-11-3-6-12(7-4-11)17-10-9-14/h3-4,6-7H,2,5,8-10,14H2,1H3. The van der Waals surface area contributed by atoms with Crippen molar-refractivity contribution in [3.8, 4) is 5.75 Å². The first-order valence-corrected chi connectivity index (χ1v) is 5.83. The van der Waals surface area contributed by atoms with E-state index < -0.39 is 0 Å². The second-order valence-electron chi connectivity index (χ2n) is 3.59. The first kappa shape index (κ1) is 13.5. The molecular formula is C13H19NO3. The lowest BCUT2D eigenvalue weighted by Crippen LogP contribution is -2.10. The van der Waals surface area contributed by atoms with Crippen LogP contribution < -0.4 is 10.5 Å². The Morgan fingerprint density at radius 2 is 2.00 bits per heavy atom. The molecule has 0 saturated carbocycles. The van der Waals surface area contributed by atoms with Gasteiger partial charge in [0.15, 0.2) is 0 Å². The molecule has 17 heavy (non-hydrogen) atoms. The summed E-state index contributed by atoms with van der Waals surface area (Å²) in [6.07, 6.45) is 1.10. The summed E-state index contributed by atoms with van der Waals surface area (Å²) in [4.78, 5) is 11.2. The molecule has 0 aromatic heterocycles. The molecule has 4 nitrogen and oxygen atoms in total. The minimum absolute atomic E-state index is 0.157. The molecule has 0 aliphatic rings. The van der Waals surface area contributed by atoms with Crippen LogP contribution in [0.3, 0.4) is 0 Å². The van der Waals surface area contributed by atoms with Crippen molar-refractivity contribution in [2.75, 3.05) is 19.8 Å². The van der Waals surface area contributed by atoms with Gasteiger partial charge in [-0.1, -0.05) is 12.1 Å². The number of esters is 1. The zero-order chi connectivity index (χ0) is 12.5. The van der Waals surface area contributed by atoms with Gasteiger partial charge in [0.25, 0.3) is 0 Å². The summed E-state index contributed by atoms with van der Waals surface area (Å²) in [6.45, 7) is 3.26. The van der Waals surface area contributed by atoms with E-state index in [0.717, 1.165) is 11.3 Å². The molecule has 0 spiro atoms. The molecule has 94 valence electrons. The highest BCUT2D eigenvalue weighted by Crippen LogP contribution is 2.13. The largest absolute Gasteiger partial charge is 0.492 e. The molecule has 0 aliphatic carbocycles. The van der Waals surface area contributed by atoms with Crippen LogP contribution in [-0.4, -0.2) is 25.7 Å². The maximum absolute atomic E-state index is 11.2. The molecule has 1 aromatic rings. The van der Waals surface area contributed by atoms with Gasteiger partial charge in [0.1, 0.15) is 12.4 Å². The molecule has 0 heterocycles. The minimum Gasteiger partial charge on any atom is -0.492 e. The van der Waals surface area contributed by atoms with Gasteiger partial charge in [0.05, 0.1) is 6.61 Å². The number of ether oxygens (including phenoxy) is 2. The maximum atomic E-state index is 11.2. The second kappa shape index (κ2) is 7.68. The van der Waals surface area contributed by atoms with Crippen LogP contribution in [0.15, 0.2) is 24.3 Å². The summed E-state index contributed by atoms with van der Waals surface area (Å²) in [6, 6.07) is 7.67. The van der Waals surface area contributed by atoms with Crippen LogP contribution >= 0.6 is 0 Å². The number of hydrogen-bond donors (Lipinski definition) is 1. The first-order valence-electron chi connectivity index (χ1n) is 5.83. The fraction of sp³-hybridized carbons (Fsp3) is 0.462. The fourth-order valence-corrected chi connectivity index (χ4v) is 1.41. The number of benzene rings is 1. The van der Waals surface area contributed by atoms with E-state index in [-0.39, 0.29) is 5.97 Å². The quantitative estimate of drug-likeness (QED) is 0.730. The average Bonchev–Trinajstić information content (AvgIpc) is 2.35. The Morgan fingerprint density at radius 1 is 1.29 bits per heavy atom. The van der Waals surface area contributed by atoms with Crippen LogP contribution in [0.4, 0.5) is 0 Å². The van der Waals surface area contributed by atoms with Gasteiger partial charge in [-0.15, -0.1) is 0 Å². The average molecular weight is 237 g/mol. The van der Waals surface area contributed by atoms with Crippen LogP contribution in [0, 0.1) is 0 Å². The molecule has 0 saturated heterocycles. The van der Waals surface area contributed by atoms with Crippen molar-refractivity contribution in [2.24, 2.45) is 5.73 Å². The van der Waals surface area contributed by atoms with Crippen molar-refractivity contribution in [1.82, 2.24) is 0 Å². The monoisotopic (exact) mass is 237 g/mol. The highest BCUT2D eigenvalue weighted by Gasteiger charge is 2.02. The molecule has 4 heteroatoms. The third-order valence-corrected chi connectivity index (χ3v) is 2.23. The molecule has 0 unspecified atom stereocenters. The summed E-state index contributed by atoms with van der Waals surface area (Å²) in [5.41, 5.74) is 6.43. The molecule has 0 amide bonds. The van der Waals surface area contributed by atoms with Crippen LogP contribution in [-0.2, 0) is 16.0 Å². The Kier molecular flexibility index (Phi) is 6.10. The maximum Gasteiger partial charge on any atom is 0.306 e. The van der Waals surface area contributed by atoms with E-state index >= 15 is 0 Å². The topological polar surface area (TPSA) is 61.5 Å². The Morgan fingerprint density at radius 3 is 2.59 bits per heavy atom. The highest BCUT2D eigenvalue weighted by molar-refractivity contribution is 5.69. The molecular weight excluding hydrogens is 218 g/mol. The summed E-state index contributed by atoms with van der Waals surface area (Å²) < 4.78 is 10.2. The second-order valence-corrected chi connectivity index (χ2v) is 3.59. The van der Waals surface area contributed by atoms with Gasteiger partial charge in [0, 0.05) is 13.0 Å². The van der Waals surface area contributed by atoms with E-state index in [1.165, 1.54) is 0 Å². The van der Waals surface area contributed by atoms with E-state index in [2.05, 4.69) is 0 Å². The molecule has 0 radical (unpaired) electrons. The number of nitrogens with two attached hydrogens (primary N) is 1. The van der Waals surface area contributed by atoms with Gasteiger partial charge < -0.3 is 15.2 Å². The molecule has 0 bridgehead atoms. The van der Waals surface area contributed by atoms with Gasteiger partial charge in [-0.25, -0.2) is 0 Å². The summed E-state index contributed by atoms with van der Waals surface area (Å²) in [5.74, 6) is 0.645. The van der Waals surface area contributed by atoms with E-state index in [0.29, 0.717) is 32.6 Å². The number of carbonyl (C=O) groups excluding carboxylic acids is 1. The van der Waals surface area contributed by atoms with Gasteiger partial charge in [-0.05, 0) is 31.0 Å². The Balaban J connectivity index is 2.37. The van der Waals surface area contributed by atoms with E-state index in [1.54, 1.807) is 0 Å².